The molecule has 33 heavy (non-hydrogen) atoms. The van der Waals surface area contributed by atoms with E-state index in [-0.39, 0.29) is 17.7 Å². The molecule has 8 heteroatoms. The van der Waals surface area contributed by atoms with Crippen molar-refractivity contribution < 1.29 is 19.1 Å². The zero-order chi connectivity index (χ0) is 23.5. The summed E-state index contributed by atoms with van der Waals surface area (Å²) in [5.74, 6) is 0.743. The summed E-state index contributed by atoms with van der Waals surface area (Å²) in [6, 6.07) is 11.2. The number of hydrogen-bond donors (Lipinski definition) is 1. The maximum Gasteiger partial charge on any atom is 0.261 e. The second kappa shape index (κ2) is 9.62. The van der Waals surface area contributed by atoms with Crippen molar-refractivity contribution in [3.8, 4) is 22.8 Å². The average Bonchev–Trinajstić information content (AvgIpc) is 3.48. The van der Waals surface area contributed by atoms with E-state index in [1.54, 1.807) is 18.2 Å². The molecule has 2 amide bonds. The summed E-state index contributed by atoms with van der Waals surface area (Å²) >= 11 is 1.36. The van der Waals surface area contributed by atoms with E-state index in [1.807, 2.05) is 36.3 Å². The summed E-state index contributed by atoms with van der Waals surface area (Å²) in [5, 5.41) is 5.26. The van der Waals surface area contributed by atoms with Crippen LogP contribution in [0.4, 0.5) is 10.8 Å². The van der Waals surface area contributed by atoms with Crippen molar-refractivity contribution in [3.63, 3.8) is 0 Å². The normalized spacial score (nSPS) is 13.4. The van der Waals surface area contributed by atoms with Crippen LogP contribution >= 0.6 is 11.3 Å². The Kier molecular flexibility index (Phi) is 6.65. The maximum absolute atomic E-state index is 12.8. The van der Waals surface area contributed by atoms with Gasteiger partial charge in [0.1, 0.15) is 0 Å². The number of fused-ring (bicyclic) bond motifs is 1. The fourth-order valence-electron chi connectivity index (χ4n) is 3.92. The van der Waals surface area contributed by atoms with Crippen LogP contribution in [0.3, 0.4) is 0 Å². The van der Waals surface area contributed by atoms with Gasteiger partial charge in [-0.3, -0.25) is 14.9 Å². The molecule has 4 rings (SSSR count). The van der Waals surface area contributed by atoms with Gasteiger partial charge in [0.15, 0.2) is 16.6 Å². The summed E-state index contributed by atoms with van der Waals surface area (Å²) in [5.41, 5.74) is 4.24. The third-order valence-corrected chi connectivity index (χ3v) is 6.70. The third-order valence-electron chi connectivity index (χ3n) is 5.94. The minimum Gasteiger partial charge on any atom is -0.493 e. The number of hydrogen-bond acceptors (Lipinski definition) is 6. The molecule has 172 valence electrons. The number of thiazole rings is 1. The number of ether oxygens (including phenoxy) is 2. The smallest absolute Gasteiger partial charge is 0.261 e. The van der Waals surface area contributed by atoms with Crippen LogP contribution in [0.2, 0.25) is 0 Å². The highest BCUT2D eigenvalue weighted by Gasteiger charge is 2.27. The molecule has 0 fully saturated rings. The fourth-order valence-corrected chi connectivity index (χ4v) is 4.64. The van der Waals surface area contributed by atoms with Gasteiger partial charge in [-0.25, -0.2) is 4.98 Å². The molecule has 0 aliphatic carbocycles. The minimum absolute atomic E-state index is 0.0172. The van der Waals surface area contributed by atoms with Gasteiger partial charge in [-0.15, -0.1) is 11.3 Å². The molecule has 0 bridgehead atoms. The molecular formula is C25H27N3O4S. The van der Waals surface area contributed by atoms with Crippen molar-refractivity contribution in [2.45, 2.75) is 26.7 Å². The number of methoxy groups -OCH3 is 2. The largest absolute Gasteiger partial charge is 0.493 e. The number of amides is 2. The van der Waals surface area contributed by atoms with Crippen LogP contribution in [0.5, 0.6) is 11.5 Å². The van der Waals surface area contributed by atoms with Crippen molar-refractivity contribution in [1.82, 2.24) is 4.98 Å². The number of carbonyl (C=O) groups is 2. The van der Waals surface area contributed by atoms with Crippen LogP contribution in [-0.2, 0) is 11.2 Å². The summed E-state index contributed by atoms with van der Waals surface area (Å²) in [6.07, 6.45) is 1.66. The first-order chi connectivity index (χ1) is 16.0. The monoisotopic (exact) mass is 465 g/mol. The van der Waals surface area contributed by atoms with Gasteiger partial charge in [0, 0.05) is 29.1 Å². The molecule has 0 spiro atoms. The Morgan fingerprint density at radius 3 is 2.76 bits per heavy atom. The van der Waals surface area contributed by atoms with Gasteiger partial charge < -0.3 is 14.4 Å². The topological polar surface area (TPSA) is 80.8 Å². The molecule has 1 aliphatic heterocycles. The molecule has 2 heterocycles. The molecule has 3 aromatic rings. The third kappa shape index (κ3) is 4.43. The van der Waals surface area contributed by atoms with E-state index in [0.29, 0.717) is 28.7 Å². The van der Waals surface area contributed by atoms with Crippen LogP contribution in [0.1, 0.15) is 36.2 Å². The highest BCUT2D eigenvalue weighted by Crippen LogP contribution is 2.35. The zero-order valence-electron chi connectivity index (χ0n) is 19.2. The lowest BCUT2D eigenvalue weighted by atomic mass is 10.1. The van der Waals surface area contributed by atoms with E-state index in [0.717, 1.165) is 35.3 Å². The molecular weight excluding hydrogens is 438 g/mol. The molecule has 0 saturated carbocycles. The number of carbonyl (C=O) groups excluding carboxylic acids is 2. The van der Waals surface area contributed by atoms with E-state index in [4.69, 9.17) is 9.47 Å². The Morgan fingerprint density at radius 2 is 2.03 bits per heavy atom. The summed E-state index contributed by atoms with van der Waals surface area (Å²) in [7, 11) is 3.03. The number of nitrogens with one attached hydrogen (secondary N) is 1. The van der Waals surface area contributed by atoms with E-state index >= 15 is 0 Å². The van der Waals surface area contributed by atoms with E-state index < -0.39 is 0 Å². The lowest BCUT2D eigenvalue weighted by Crippen LogP contribution is -2.33. The van der Waals surface area contributed by atoms with Crippen LogP contribution in [-0.4, -0.2) is 37.6 Å². The first-order valence-electron chi connectivity index (χ1n) is 10.9. The SMILES string of the molecule is CC[C@@H](C)C(=O)N1CCc2cc(-c3csc(NC(=O)c4cccc(OC)c4OC)n3)ccc21. The molecule has 0 unspecified atom stereocenters. The Bertz CT molecular complexity index is 1190. The molecule has 1 aromatic heterocycles. The van der Waals surface area contributed by atoms with E-state index in [2.05, 4.69) is 16.4 Å². The van der Waals surface area contributed by atoms with Gasteiger partial charge in [0.25, 0.3) is 5.91 Å². The van der Waals surface area contributed by atoms with Crippen molar-refractivity contribution in [2.75, 3.05) is 31.0 Å². The summed E-state index contributed by atoms with van der Waals surface area (Å²) in [4.78, 5) is 32.0. The molecule has 1 atom stereocenters. The molecule has 0 saturated heterocycles. The second-order valence-electron chi connectivity index (χ2n) is 7.93. The first kappa shape index (κ1) is 22.8. The van der Waals surface area contributed by atoms with E-state index in [1.165, 1.54) is 25.6 Å². The van der Waals surface area contributed by atoms with Crippen LogP contribution in [0.25, 0.3) is 11.3 Å². The first-order valence-corrected chi connectivity index (χ1v) is 11.8. The molecule has 7 nitrogen and oxygen atoms in total. The second-order valence-corrected chi connectivity index (χ2v) is 8.78. The number of rotatable bonds is 7. The minimum atomic E-state index is -0.320. The number of aromatic nitrogens is 1. The van der Waals surface area contributed by atoms with Gasteiger partial charge in [0.05, 0.1) is 25.5 Å². The molecule has 1 N–H and O–H groups in total. The van der Waals surface area contributed by atoms with Crippen molar-refractivity contribution >= 4 is 34.0 Å². The maximum atomic E-state index is 12.8. The molecule has 2 aromatic carbocycles. The van der Waals surface area contributed by atoms with Gasteiger partial charge in [0.2, 0.25) is 5.91 Å². The Morgan fingerprint density at radius 1 is 1.21 bits per heavy atom. The standard InChI is InChI=1S/C25H27N3O4S/c1-5-15(2)24(30)28-12-11-17-13-16(9-10-20(17)28)19-14-33-25(26-19)27-23(29)18-7-6-8-21(31-3)22(18)32-4/h6-10,13-15H,5,11-12H2,1-4H3,(H,26,27,29)/t15-/m1/s1. The Labute approximate surface area is 197 Å². The lowest BCUT2D eigenvalue weighted by molar-refractivity contribution is -0.121. The Hall–Kier alpha value is -3.39. The lowest BCUT2D eigenvalue weighted by Gasteiger charge is -2.21. The van der Waals surface area contributed by atoms with E-state index in [9.17, 15) is 9.59 Å². The van der Waals surface area contributed by atoms with Gasteiger partial charge in [-0.2, -0.15) is 0 Å². The average molecular weight is 466 g/mol. The van der Waals surface area contributed by atoms with Gasteiger partial charge in [-0.1, -0.05) is 26.0 Å². The van der Waals surface area contributed by atoms with Crippen molar-refractivity contribution in [1.29, 1.82) is 0 Å². The number of para-hydroxylation sites is 1. The Balaban J connectivity index is 1.52. The van der Waals surface area contributed by atoms with Crippen molar-refractivity contribution in [3.05, 3.63) is 52.9 Å². The summed E-state index contributed by atoms with van der Waals surface area (Å²) in [6.45, 7) is 4.72. The fraction of sp³-hybridized carbons (Fsp3) is 0.320. The predicted molar refractivity (Wildman–Crippen MR) is 131 cm³/mol. The summed E-state index contributed by atoms with van der Waals surface area (Å²) < 4.78 is 10.6. The number of anilines is 2. The quantitative estimate of drug-likeness (QED) is 0.530. The molecule has 0 radical (unpaired) electrons. The van der Waals surface area contributed by atoms with Crippen LogP contribution < -0.4 is 19.7 Å². The van der Waals surface area contributed by atoms with Crippen molar-refractivity contribution in [2.24, 2.45) is 5.92 Å². The van der Waals surface area contributed by atoms with Crippen LogP contribution in [0, 0.1) is 5.92 Å². The van der Waals surface area contributed by atoms with Crippen LogP contribution in [0.15, 0.2) is 41.8 Å². The number of benzene rings is 2. The number of nitrogens with zero attached hydrogens (tertiary/aromatic N) is 2. The molecule has 1 aliphatic rings. The zero-order valence-corrected chi connectivity index (χ0v) is 20.0. The predicted octanol–water partition coefficient (Wildman–Crippen LogP) is 5.01. The van der Waals surface area contributed by atoms with Gasteiger partial charge >= 0.3 is 0 Å². The highest BCUT2D eigenvalue weighted by molar-refractivity contribution is 7.14. The highest BCUT2D eigenvalue weighted by atomic mass is 32.1. The van der Waals surface area contributed by atoms with Gasteiger partial charge in [-0.05, 0) is 42.7 Å².